The number of fused-ring (bicyclic) bond motifs is 4. The van der Waals surface area contributed by atoms with E-state index in [1.165, 1.54) is 12.2 Å². The first kappa shape index (κ1) is 42.5. The molecule has 7 rings (SSSR count). The molecule has 2 aromatic heterocycles. The van der Waals surface area contributed by atoms with E-state index in [9.17, 15) is 9.59 Å². The number of methoxy groups -OCH3 is 2. The number of ether oxygens (including phenoxy) is 2. The van der Waals surface area contributed by atoms with Crippen LogP contribution in [-0.4, -0.2) is 88.1 Å². The fraction of sp³-hybridized carbons (Fsp3) is 0.304. The van der Waals surface area contributed by atoms with Crippen molar-refractivity contribution in [3.63, 3.8) is 0 Å². The number of allylic oxidation sites excluding steroid dienone is 2. The number of nitrogens with one attached hydrogen (secondary N) is 6. The van der Waals surface area contributed by atoms with E-state index in [0.29, 0.717) is 34.5 Å². The minimum absolute atomic E-state index is 0.200. The Morgan fingerprint density at radius 1 is 0.467 bits per heavy atom. The second-order valence-corrected chi connectivity index (χ2v) is 15.4. The molecule has 60 heavy (non-hydrogen) atoms. The summed E-state index contributed by atoms with van der Waals surface area (Å²) in [5.74, 6) is 1.15. The maximum atomic E-state index is 12.8. The van der Waals surface area contributed by atoms with Crippen LogP contribution < -0.4 is 41.4 Å². The number of benzene rings is 4. The van der Waals surface area contributed by atoms with Crippen LogP contribution in [0.1, 0.15) is 25.7 Å². The standard InChI is InChI=1S/C46H50Cl2N8O4/c1-59-31-9-13-37-35(25-31)45(33-11-7-29(47)23-39(33)55-37)53-21-5-17-49-15-3-19-51-41-27-44(58)42(28-43(41)57)52-20-4-16-50-18-6-22-54-46-34-12-8-30(48)24-40(34)56-38-14-10-32(60-2)26-36(38)46/h7-14,23-28,49-52H,3-6,15-22H2,1-2H3,(H,53,55)(H,54,56). The van der Waals surface area contributed by atoms with Crippen LogP contribution in [0.5, 0.6) is 11.5 Å². The predicted molar refractivity (Wildman–Crippen MR) is 245 cm³/mol. The fourth-order valence-corrected chi connectivity index (χ4v) is 7.57. The molecule has 0 aliphatic heterocycles. The molecule has 1 aliphatic rings. The SMILES string of the molecule is COc1ccc2nc3cc(Cl)ccc3c(NCCCNCCCNC3=CC(=O)C(NCCCNCCCNc4c5ccc(Cl)cc5nc5ccc(OC)cc45)=CC3=O)c2c1. The van der Waals surface area contributed by atoms with Crippen LogP contribution in [0.2, 0.25) is 10.0 Å². The Morgan fingerprint density at radius 3 is 1.27 bits per heavy atom. The summed E-state index contributed by atoms with van der Waals surface area (Å²) in [6, 6.07) is 23.3. The highest BCUT2D eigenvalue weighted by Gasteiger charge is 2.20. The van der Waals surface area contributed by atoms with E-state index in [1.54, 1.807) is 14.2 Å². The molecule has 0 amide bonds. The summed E-state index contributed by atoms with van der Waals surface area (Å²) in [6.45, 7) is 5.87. The second-order valence-electron chi connectivity index (χ2n) is 14.5. The Hall–Kier alpha value is -5.66. The maximum absolute atomic E-state index is 12.8. The van der Waals surface area contributed by atoms with Crippen molar-refractivity contribution in [2.24, 2.45) is 0 Å². The van der Waals surface area contributed by atoms with E-state index < -0.39 is 0 Å². The Bertz CT molecular complexity index is 2400. The zero-order valence-electron chi connectivity index (χ0n) is 33.9. The molecule has 0 unspecified atom stereocenters. The molecule has 14 heteroatoms. The number of aromatic nitrogens is 2. The van der Waals surface area contributed by atoms with Gasteiger partial charge in [0.05, 0.1) is 59.1 Å². The van der Waals surface area contributed by atoms with Gasteiger partial charge in [0.2, 0.25) is 11.6 Å². The first-order valence-electron chi connectivity index (χ1n) is 20.3. The molecule has 0 radical (unpaired) electrons. The Kier molecular flexibility index (Phi) is 14.5. The molecule has 1 aliphatic carbocycles. The molecule has 0 fully saturated rings. The van der Waals surface area contributed by atoms with E-state index in [0.717, 1.165) is 131 Å². The van der Waals surface area contributed by atoms with Crippen LogP contribution in [0.15, 0.2) is 96.3 Å². The van der Waals surface area contributed by atoms with Crippen molar-refractivity contribution < 1.29 is 19.1 Å². The summed E-state index contributed by atoms with van der Waals surface area (Å²) in [5, 5.41) is 25.7. The fourth-order valence-electron chi connectivity index (χ4n) is 7.24. The average Bonchev–Trinajstić information content (AvgIpc) is 3.25. The van der Waals surface area contributed by atoms with Gasteiger partial charge in [-0.05, 0) is 125 Å². The number of nitrogens with zero attached hydrogens (tertiary/aromatic N) is 2. The van der Waals surface area contributed by atoms with Crippen molar-refractivity contribution in [3.05, 3.63) is 106 Å². The number of carbonyl (C=O) groups is 2. The van der Waals surface area contributed by atoms with Gasteiger partial charge in [-0.25, -0.2) is 9.97 Å². The summed E-state index contributed by atoms with van der Waals surface area (Å²) in [7, 11) is 3.32. The summed E-state index contributed by atoms with van der Waals surface area (Å²) >= 11 is 12.5. The minimum atomic E-state index is -0.200. The third kappa shape index (κ3) is 10.6. The van der Waals surface area contributed by atoms with Gasteiger partial charge in [-0.2, -0.15) is 0 Å². The number of hydrogen-bond acceptors (Lipinski definition) is 12. The topological polar surface area (TPSA) is 151 Å². The van der Waals surface area contributed by atoms with Crippen LogP contribution in [-0.2, 0) is 9.59 Å². The van der Waals surface area contributed by atoms with Crippen LogP contribution in [0.25, 0.3) is 43.6 Å². The van der Waals surface area contributed by atoms with Crippen molar-refractivity contribution >= 4 is 89.8 Å². The van der Waals surface area contributed by atoms with E-state index in [-0.39, 0.29) is 11.6 Å². The van der Waals surface area contributed by atoms with Crippen molar-refractivity contribution in [3.8, 4) is 11.5 Å². The lowest BCUT2D eigenvalue weighted by atomic mass is 10.1. The monoisotopic (exact) mass is 848 g/mol. The molecule has 2 heterocycles. The summed E-state index contributed by atoms with van der Waals surface area (Å²) < 4.78 is 10.9. The van der Waals surface area contributed by atoms with E-state index in [4.69, 9.17) is 42.6 Å². The molecular weight excluding hydrogens is 799 g/mol. The molecule has 0 bridgehead atoms. The number of pyridine rings is 2. The summed E-state index contributed by atoms with van der Waals surface area (Å²) in [6.07, 6.45) is 6.19. The van der Waals surface area contributed by atoms with E-state index in [2.05, 4.69) is 31.9 Å². The molecule has 6 aromatic rings. The van der Waals surface area contributed by atoms with Gasteiger partial charge in [-0.3, -0.25) is 9.59 Å². The molecule has 4 aromatic carbocycles. The first-order valence-corrected chi connectivity index (χ1v) is 21.1. The highest BCUT2D eigenvalue weighted by Crippen LogP contribution is 2.35. The molecule has 0 atom stereocenters. The van der Waals surface area contributed by atoms with E-state index >= 15 is 0 Å². The second kappa shape index (κ2) is 20.5. The normalized spacial score (nSPS) is 12.9. The van der Waals surface area contributed by atoms with Crippen molar-refractivity contribution in [1.29, 1.82) is 0 Å². The third-order valence-corrected chi connectivity index (χ3v) is 10.8. The highest BCUT2D eigenvalue weighted by atomic mass is 35.5. The molecule has 12 nitrogen and oxygen atoms in total. The van der Waals surface area contributed by atoms with E-state index in [1.807, 2.05) is 72.8 Å². The van der Waals surface area contributed by atoms with Crippen LogP contribution in [0.4, 0.5) is 11.4 Å². The van der Waals surface area contributed by atoms with Crippen LogP contribution in [0.3, 0.4) is 0 Å². The Morgan fingerprint density at radius 2 is 0.867 bits per heavy atom. The van der Waals surface area contributed by atoms with Gasteiger partial charge in [0.15, 0.2) is 0 Å². The van der Waals surface area contributed by atoms with Gasteiger partial charge in [-0.1, -0.05) is 23.2 Å². The summed E-state index contributed by atoms with van der Waals surface area (Å²) in [5.41, 5.74) is 6.09. The number of ketones is 2. The van der Waals surface area contributed by atoms with Gasteiger partial charge in [0.25, 0.3) is 0 Å². The zero-order valence-corrected chi connectivity index (χ0v) is 35.4. The molecule has 312 valence electrons. The van der Waals surface area contributed by atoms with Gasteiger partial charge in [-0.15, -0.1) is 0 Å². The smallest absolute Gasteiger partial charge is 0.203 e. The van der Waals surface area contributed by atoms with Crippen LogP contribution >= 0.6 is 23.2 Å². The van der Waals surface area contributed by atoms with Gasteiger partial charge in [0.1, 0.15) is 11.5 Å². The Balaban J connectivity index is 0.756. The quantitative estimate of drug-likeness (QED) is 0.0225. The first-order chi connectivity index (χ1) is 29.3. The van der Waals surface area contributed by atoms with Gasteiger partial charge >= 0.3 is 0 Å². The lowest BCUT2D eigenvalue weighted by molar-refractivity contribution is -0.115. The molecule has 6 N–H and O–H groups in total. The lowest BCUT2D eigenvalue weighted by Crippen LogP contribution is -2.31. The maximum Gasteiger partial charge on any atom is 0.203 e. The van der Waals surface area contributed by atoms with Crippen LogP contribution in [0, 0.1) is 0 Å². The third-order valence-electron chi connectivity index (χ3n) is 10.3. The number of rotatable bonds is 22. The van der Waals surface area contributed by atoms with Gasteiger partial charge in [0, 0.05) is 69.9 Å². The molecule has 0 saturated heterocycles. The van der Waals surface area contributed by atoms with Crippen molar-refractivity contribution in [2.45, 2.75) is 25.7 Å². The predicted octanol–water partition coefficient (Wildman–Crippen LogP) is 7.78. The highest BCUT2D eigenvalue weighted by molar-refractivity contribution is 6.32. The zero-order chi connectivity index (χ0) is 41.8. The largest absolute Gasteiger partial charge is 0.497 e. The lowest BCUT2D eigenvalue weighted by Gasteiger charge is -2.16. The summed E-state index contributed by atoms with van der Waals surface area (Å²) in [4.78, 5) is 35.2. The van der Waals surface area contributed by atoms with Gasteiger partial charge < -0.3 is 41.4 Å². The minimum Gasteiger partial charge on any atom is -0.497 e. The number of halogens is 2. The molecular formula is C46H50Cl2N8O4. The average molecular weight is 850 g/mol. The van der Waals surface area contributed by atoms with Crippen molar-refractivity contribution in [1.82, 2.24) is 31.2 Å². The van der Waals surface area contributed by atoms with Crippen molar-refractivity contribution in [2.75, 3.05) is 77.2 Å². The Labute approximate surface area is 359 Å². The molecule has 0 spiro atoms. The molecule has 0 saturated carbocycles. The number of carbonyl (C=O) groups excluding carboxylic acids is 2. The number of hydrogen-bond donors (Lipinski definition) is 6. The number of anilines is 2.